The van der Waals surface area contributed by atoms with Crippen molar-refractivity contribution < 1.29 is 9.53 Å². The summed E-state index contributed by atoms with van der Waals surface area (Å²) in [7, 11) is 1.66. The van der Waals surface area contributed by atoms with Crippen LogP contribution >= 0.6 is 0 Å². The third-order valence-corrected chi connectivity index (χ3v) is 5.94. The summed E-state index contributed by atoms with van der Waals surface area (Å²) in [5, 5.41) is 10.5. The Kier molecular flexibility index (Phi) is 7.67. The lowest BCUT2D eigenvalue weighted by molar-refractivity contribution is -0.127. The number of carbonyl (C=O) groups is 1. The Bertz CT molecular complexity index is 583. The molecule has 0 radical (unpaired) electrons. The smallest absolute Gasteiger partial charge is 0.224 e. The van der Waals surface area contributed by atoms with Crippen molar-refractivity contribution in [1.82, 2.24) is 25.3 Å². The molecule has 2 aliphatic rings. The number of ether oxygens (including phenoxy) is 1. The Hall–Kier alpha value is -1.44. The van der Waals surface area contributed by atoms with E-state index in [0.29, 0.717) is 19.2 Å². The number of hydrogen-bond acceptors (Lipinski definition) is 5. The number of aromatic amines is 1. The summed E-state index contributed by atoms with van der Waals surface area (Å²) < 4.78 is 5.02. The van der Waals surface area contributed by atoms with Gasteiger partial charge in [0.1, 0.15) is 0 Å². The van der Waals surface area contributed by atoms with E-state index < -0.39 is 0 Å². The highest BCUT2D eigenvalue weighted by atomic mass is 16.5. The molecular formula is C20H35N5O2. The zero-order chi connectivity index (χ0) is 19.1. The predicted octanol–water partition coefficient (Wildman–Crippen LogP) is 1.41. The fraction of sp³-hybridized carbons (Fsp3) is 0.800. The van der Waals surface area contributed by atoms with Crippen molar-refractivity contribution in [2.45, 2.75) is 51.6 Å². The van der Waals surface area contributed by atoms with Crippen molar-refractivity contribution in [2.24, 2.45) is 5.92 Å². The van der Waals surface area contributed by atoms with Crippen molar-refractivity contribution >= 4 is 5.91 Å². The second-order valence-electron chi connectivity index (χ2n) is 7.86. The van der Waals surface area contributed by atoms with Gasteiger partial charge in [-0.3, -0.25) is 19.7 Å². The van der Waals surface area contributed by atoms with Crippen LogP contribution in [0.15, 0.2) is 6.07 Å². The molecule has 7 heteroatoms. The maximum Gasteiger partial charge on any atom is 0.224 e. The second-order valence-corrected chi connectivity index (χ2v) is 7.86. The molecule has 0 spiro atoms. The van der Waals surface area contributed by atoms with Crippen LogP contribution in [-0.4, -0.2) is 78.4 Å². The molecule has 1 aromatic heterocycles. The van der Waals surface area contributed by atoms with Gasteiger partial charge in [0, 0.05) is 51.6 Å². The minimum Gasteiger partial charge on any atom is -0.383 e. The number of hydrogen-bond donors (Lipinski definition) is 2. The number of aromatic nitrogens is 2. The average Bonchev–Trinajstić information content (AvgIpc) is 3.16. The van der Waals surface area contributed by atoms with Gasteiger partial charge < -0.3 is 10.1 Å². The molecule has 7 nitrogen and oxygen atoms in total. The van der Waals surface area contributed by atoms with Gasteiger partial charge in [0.25, 0.3) is 0 Å². The molecule has 3 heterocycles. The molecule has 3 rings (SSSR count). The molecule has 152 valence electrons. The van der Waals surface area contributed by atoms with Gasteiger partial charge in [0.05, 0.1) is 18.2 Å². The number of H-pyrrole nitrogens is 1. The minimum atomic E-state index is 0.131. The highest BCUT2D eigenvalue weighted by molar-refractivity contribution is 5.78. The van der Waals surface area contributed by atoms with Crippen LogP contribution in [0, 0.1) is 5.92 Å². The van der Waals surface area contributed by atoms with E-state index in [1.807, 2.05) is 0 Å². The Morgan fingerprint density at radius 1 is 1.33 bits per heavy atom. The van der Waals surface area contributed by atoms with E-state index in [2.05, 4.69) is 38.3 Å². The van der Waals surface area contributed by atoms with E-state index >= 15 is 0 Å². The SMILES string of the molecule is CCc1cc(CN2CCC(N3CCC[C@@H](C(=O)NCCOC)C3)CC2)[nH]n1. The van der Waals surface area contributed by atoms with Crippen LogP contribution in [-0.2, 0) is 22.5 Å². The molecule has 2 saturated heterocycles. The molecular weight excluding hydrogens is 342 g/mol. The van der Waals surface area contributed by atoms with Gasteiger partial charge in [-0.05, 0) is 44.7 Å². The third-order valence-electron chi connectivity index (χ3n) is 5.94. The Morgan fingerprint density at radius 3 is 2.85 bits per heavy atom. The molecule has 2 aliphatic heterocycles. The standard InChI is InChI=1S/C20H35N5O2/c1-3-17-13-18(23-22-17)15-24-10-6-19(7-11-24)25-9-4-5-16(14-25)20(26)21-8-12-27-2/h13,16,19H,3-12,14-15H2,1-2H3,(H,21,26)(H,22,23)/t16-/m1/s1. The first-order chi connectivity index (χ1) is 13.2. The fourth-order valence-corrected chi connectivity index (χ4v) is 4.33. The number of methoxy groups -OCH3 is 1. The van der Waals surface area contributed by atoms with Gasteiger partial charge in [-0.2, -0.15) is 5.10 Å². The summed E-state index contributed by atoms with van der Waals surface area (Å²) in [4.78, 5) is 17.5. The molecule has 0 saturated carbocycles. The van der Waals surface area contributed by atoms with E-state index in [1.54, 1.807) is 7.11 Å². The van der Waals surface area contributed by atoms with Gasteiger partial charge in [0.2, 0.25) is 5.91 Å². The molecule has 27 heavy (non-hydrogen) atoms. The van der Waals surface area contributed by atoms with Crippen molar-refractivity contribution in [2.75, 3.05) is 46.4 Å². The van der Waals surface area contributed by atoms with E-state index in [4.69, 9.17) is 4.74 Å². The summed E-state index contributed by atoms with van der Waals surface area (Å²) in [6, 6.07) is 2.80. The molecule has 0 aliphatic carbocycles. The predicted molar refractivity (Wildman–Crippen MR) is 105 cm³/mol. The highest BCUT2D eigenvalue weighted by Crippen LogP contribution is 2.24. The van der Waals surface area contributed by atoms with Crippen LogP contribution in [0.4, 0.5) is 0 Å². The summed E-state index contributed by atoms with van der Waals surface area (Å²) in [5.74, 6) is 0.325. The van der Waals surface area contributed by atoms with Crippen LogP contribution in [0.3, 0.4) is 0 Å². The lowest BCUT2D eigenvalue weighted by atomic mass is 9.93. The first kappa shape index (κ1) is 20.3. The number of nitrogens with zero attached hydrogens (tertiary/aromatic N) is 3. The van der Waals surface area contributed by atoms with Crippen molar-refractivity contribution in [1.29, 1.82) is 0 Å². The Morgan fingerprint density at radius 2 is 2.15 bits per heavy atom. The summed E-state index contributed by atoms with van der Waals surface area (Å²) in [6.45, 7) is 8.56. The maximum atomic E-state index is 12.4. The number of aryl methyl sites for hydroxylation is 1. The van der Waals surface area contributed by atoms with Crippen molar-refractivity contribution in [3.05, 3.63) is 17.5 Å². The molecule has 1 aromatic rings. The summed E-state index contributed by atoms with van der Waals surface area (Å²) in [5.41, 5.74) is 2.36. The topological polar surface area (TPSA) is 73.5 Å². The number of likely N-dealkylation sites (tertiary alicyclic amines) is 2. The lowest BCUT2D eigenvalue weighted by Gasteiger charge is -2.42. The first-order valence-electron chi connectivity index (χ1n) is 10.5. The van der Waals surface area contributed by atoms with Gasteiger partial charge in [-0.25, -0.2) is 0 Å². The summed E-state index contributed by atoms with van der Waals surface area (Å²) >= 11 is 0. The molecule has 2 fully saturated rings. The number of piperidine rings is 2. The van der Waals surface area contributed by atoms with Crippen LogP contribution in [0.25, 0.3) is 0 Å². The summed E-state index contributed by atoms with van der Waals surface area (Å²) in [6.07, 6.45) is 5.48. The minimum absolute atomic E-state index is 0.131. The fourth-order valence-electron chi connectivity index (χ4n) is 4.33. The third kappa shape index (κ3) is 5.77. The average molecular weight is 378 g/mol. The quantitative estimate of drug-likeness (QED) is 0.670. The molecule has 0 aromatic carbocycles. The van der Waals surface area contributed by atoms with Gasteiger partial charge >= 0.3 is 0 Å². The molecule has 1 amide bonds. The zero-order valence-electron chi connectivity index (χ0n) is 16.9. The monoisotopic (exact) mass is 377 g/mol. The van der Waals surface area contributed by atoms with Crippen LogP contribution in [0.5, 0.6) is 0 Å². The normalized spacial score (nSPS) is 22.8. The number of rotatable bonds is 8. The number of carbonyl (C=O) groups excluding carboxylic acids is 1. The first-order valence-corrected chi connectivity index (χ1v) is 10.5. The lowest BCUT2D eigenvalue weighted by Crippen LogP contribution is -2.50. The zero-order valence-corrected chi connectivity index (χ0v) is 16.9. The molecule has 0 bridgehead atoms. The van der Waals surface area contributed by atoms with Crippen LogP contribution in [0.1, 0.15) is 44.0 Å². The number of nitrogens with one attached hydrogen (secondary N) is 2. The van der Waals surface area contributed by atoms with Gasteiger partial charge in [-0.15, -0.1) is 0 Å². The van der Waals surface area contributed by atoms with Crippen LogP contribution in [0.2, 0.25) is 0 Å². The maximum absolute atomic E-state index is 12.4. The van der Waals surface area contributed by atoms with E-state index in [9.17, 15) is 4.79 Å². The Labute approximate surface area is 162 Å². The van der Waals surface area contributed by atoms with Gasteiger partial charge in [0.15, 0.2) is 0 Å². The van der Waals surface area contributed by atoms with Crippen LogP contribution < -0.4 is 5.32 Å². The highest BCUT2D eigenvalue weighted by Gasteiger charge is 2.31. The van der Waals surface area contributed by atoms with Crippen molar-refractivity contribution in [3.63, 3.8) is 0 Å². The van der Waals surface area contributed by atoms with Gasteiger partial charge in [-0.1, -0.05) is 6.92 Å². The van der Waals surface area contributed by atoms with E-state index in [1.165, 1.54) is 18.5 Å². The Balaban J connectivity index is 1.42. The molecule has 0 unspecified atom stereocenters. The van der Waals surface area contributed by atoms with E-state index in [-0.39, 0.29) is 11.8 Å². The molecule has 1 atom stereocenters. The second kappa shape index (κ2) is 10.2. The van der Waals surface area contributed by atoms with Crippen molar-refractivity contribution in [3.8, 4) is 0 Å². The molecule has 2 N–H and O–H groups in total. The number of amides is 1. The largest absolute Gasteiger partial charge is 0.383 e. The van der Waals surface area contributed by atoms with E-state index in [0.717, 1.165) is 57.7 Å².